The van der Waals surface area contributed by atoms with Gasteiger partial charge in [0, 0.05) is 26.2 Å². The number of hydrogen-bond donors (Lipinski definition) is 1. The Kier molecular flexibility index (Phi) is 7.37. The Morgan fingerprint density at radius 1 is 1.37 bits per heavy atom. The van der Waals surface area contributed by atoms with Crippen molar-refractivity contribution in [2.24, 2.45) is 0 Å². The maximum absolute atomic E-state index is 12.4. The number of aromatic amines is 1. The SMILES string of the molecule is Cc1c(O[C@@H](C)COCCC(=O)N2CCN(c3ncc(C#N)s3)CC2)cn[nH]c1=O. The van der Waals surface area contributed by atoms with E-state index in [4.69, 9.17) is 14.7 Å². The van der Waals surface area contributed by atoms with Crippen LogP contribution in [0.4, 0.5) is 5.13 Å². The number of nitrogens with one attached hydrogen (secondary N) is 1. The molecule has 1 amide bonds. The van der Waals surface area contributed by atoms with Crippen molar-refractivity contribution in [3.8, 4) is 11.8 Å². The van der Waals surface area contributed by atoms with Crippen molar-refractivity contribution in [2.45, 2.75) is 26.4 Å². The third-order valence-corrected chi connectivity index (χ3v) is 5.67. The smallest absolute Gasteiger partial charge is 0.270 e. The number of anilines is 1. The zero-order chi connectivity index (χ0) is 21.5. The maximum atomic E-state index is 12.4. The number of ether oxygens (including phenoxy) is 2. The van der Waals surface area contributed by atoms with Crippen molar-refractivity contribution in [3.05, 3.63) is 33.2 Å². The van der Waals surface area contributed by atoms with Gasteiger partial charge in [-0.3, -0.25) is 9.59 Å². The van der Waals surface area contributed by atoms with Gasteiger partial charge in [-0.2, -0.15) is 10.4 Å². The molecular weight excluding hydrogens is 408 g/mol. The van der Waals surface area contributed by atoms with Crippen LogP contribution in [0, 0.1) is 18.3 Å². The predicted molar refractivity (Wildman–Crippen MR) is 111 cm³/mol. The normalized spacial score (nSPS) is 15.0. The third kappa shape index (κ3) is 5.55. The molecule has 1 aliphatic heterocycles. The van der Waals surface area contributed by atoms with Gasteiger partial charge in [-0.15, -0.1) is 0 Å². The van der Waals surface area contributed by atoms with E-state index in [0.29, 0.717) is 62.0 Å². The third-order valence-electron chi connectivity index (χ3n) is 4.71. The molecule has 160 valence electrons. The number of thiazole rings is 1. The van der Waals surface area contributed by atoms with Crippen molar-refractivity contribution in [1.29, 1.82) is 5.26 Å². The average molecular weight is 433 g/mol. The lowest BCUT2D eigenvalue weighted by Gasteiger charge is -2.34. The van der Waals surface area contributed by atoms with Crippen LogP contribution in [0.3, 0.4) is 0 Å². The number of hydrogen-bond acceptors (Lipinski definition) is 9. The van der Waals surface area contributed by atoms with Crippen LogP contribution in [0.15, 0.2) is 17.2 Å². The first-order valence-electron chi connectivity index (χ1n) is 9.65. The summed E-state index contributed by atoms with van der Waals surface area (Å²) >= 11 is 1.37. The summed E-state index contributed by atoms with van der Waals surface area (Å²) in [4.78, 5) is 32.7. The first kappa shape index (κ1) is 21.7. The number of aromatic nitrogens is 3. The summed E-state index contributed by atoms with van der Waals surface area (Å²) in [5.74, 6) is 0.473. The number of nitrogens with zero attached hydrogens (tertiary/aromatic N) is 5. The quantitative estimate of drug-likeness (QED) is 0.611. The van der Waals surface area contributed by atoms with Crippen LogP contribution < -0.4 is 15.2 Å². The van der Waals surface area contributed by atoms with Crippen molar-refractivity contribution >= 4 is 22.4 Å². The molecule has 0 saturated carbocycles. The summed E-state index contributed by atoms with van der Waals surface area (Å²) in [5, 5.41) is 15.8. The molecule has 0 unspecified atom stereocenters. The fourth-order valence-corrected chi connectivity index (χ4v) is 3.75. The molecular formula is C19H24N6O4S. The van der Waals surface area contributed by atoms with Gasteiger partial charge in [-0.1, -0.05) is 11.3 Å². The van der Waals surface area contributed by atoms with Gasteiger partial charge < -0.3 is 19.3 Å². The fraction of sp³-hybridized carbons (Fsp3) is 0.526. The van der Waals surface area contributed by atoms with Gasteiger partial charge in [0.1, 0.15) is 22.8 Å². The van der Waals surface area contributed by atoms with Crippen LogP contribution in [-0.2, 0) is 9.53 Å². The largest absolute Gasteiger partial charge is 0.486 e. The van der Waals surface area contributed by atoms with Crippen molar-refractivity contribution in [2.75, 3.05) is 44.3 Å². The second kappa shape index (κ2) is 10.2. The van der Waals surface area contributed by atoms with Crippen molar-refractivity contribution in [3.63, 3.8) is 0 Å². The molecule has 2 aromatic heterocycles. The number of H-pyrrole nitrogens is 1. The molecule has 10 nitrogen and oxygen atoms in total. The minimum atomic E-state index is -0.285. The molecule has 0 aromatic carbocycles. The Balaban J connectivity index is 1.34. The number of carbonyl (C=O) groups excluding carboxylic acids is 1. The molecule has 11 heteroatoms. The van der Waals surface area contributed by atoms with E-state index in [1.54, 1.807) is 13.1 Å². The highest BCUT2D eigenvalue weighted by atomic mass is 32.1. The molecule has 30 heavy (non-hydrogen) atoms. The van der Waals surface area contributed by atoms with E-state index in [1.807, 2.05) is 11.8 Å². The minimum Gasteiger partial charge on any atom is -0.486 e. The minimum absolute atomic E-state index is 0.0507. The van der Waals surface area contributed by atoms with Crippen LogP contribution in [0.2, 0.25) is 0 Å². The van der Waals surface area contributed by atoms with Crippen molar-refractivity contribution in [1.82, 2.24) is 20.1 Å². The first-order chi connectivity index (χ1) is 14.5. The lowest BCUT2D eigenvalue weighted by atomic mass is 10.3. The summed E-state index contributed by atoms with van der Waals surface area (Å²) in [6.45, 7) is 6.73. The molecule has 0 bridgehead atoms. The molecule has 0 aliphatic carbocycles. The molecule has 1 fully saturated rings. The standard InChI is InChI=1S/C19H24N6O4S/c1-13(29-16-11-22-23-18(27)14(16)2)12-28-8-3-17(26)24-4-6-25(7-5-24)19-21-10-15(9-20)30-19/h10-11,13H,3-8,12H2,1-2H3,(H,23,27)/t13-/m0/s1. The van der Waals surface area contributed by atoms with E-state index in [0.717, 1.165) is 5.13 Å². The highest BCUT2D eigenvalue weighted by molar-refractivity contribution is 7.16. The molecule has 3 heterocycles. The molecule has 2 aromatic rings. The Hall–Kier alpha value is -2.97. The topological polar surface area (TPSA) is 124 Å². The zero-order valence-corrected chi connectivity index (χ0v) is 17.8. The van der Waals surface area contributed by atoms with Crippen LogP contribution in [0.25, 0.3) is 0 Å². The molecule has 0 radical (unpaired) electrons. The zero-order valence-electron chi connectivity index (χ0n) is 17.0. The van der Waals surface area contributed by atoms with Gasteiger partial charge in [0.15, 0.2) is 5.13 Å². The van der Waals surface area contributed by atoms with Crippen molar-refractivity contribution < 1.29 is 14.3 Å². The lowest BCUT2D eigenvalue weighted by molar-refractivity contribution is -0.132. The highest BCUT2D eigenvalue weighted by Gasteiger charge is 2.22. The molecule has 1 N–H and O–H groups in total. The van der Waals surface area contributed by atoms with Crippen LogP contribution >= 0.6 is 11.3 Å². The van der Waals surface area contributed by atoms with E-state index in [9.17, 15) is 9.59 Å². The van der Waals surface area contributed by atoms with E-state index < -0.39 is 0 Å². The molecule has 1 atom stereocenters. The van der Waals surface area contributed by atoms with Crippen LogP contribution in [-0.4, -0.2) is 71.5 Å². The highest BCUT2D eigenvalue weighted by Crippen LogP contribution is 2.23. The van der Waals surface area contributed by atoms with Gasteiger partial charge in [-0.25, -0.2) is 10.1 Å². The van der Waals surface area contributed by atoms with Gasteiger partial charge in [0.05, 0.1) is 37.6 Å². The monoisotopic (exact) mass is 432 g/mol. The number of piperazine rings is 1. The van der Waals surface area contributed by atoms with Crippen LogP contribution in [0.1, 0.15) is 23.8 Å². The number of carbonyl (C=O) groups is 1. The van der Waals surface area contributed by atoms with E-state index in [-0.39, 0.29) is 17.6 Å². The predicted octanol–water partition coefficient (Wildman–Crippen LogP) is 0.929. The Morgan fingerprint density at radius 3 is 2.83 bits per heavy atom. The van der Waals surface area contributed by atoms with Crippen LogP contribution in [0.5, 0.6) is 5.75 Å². The van der Waals surface area contributed by atoms with Gasteiger partial charge >= 0.3 is 0 Å². The average Bonchev–Trinajstić information content (AvgIpc) is 3.24. The number of nitriles is 1. The molecule has 0 spiro atoms. The summed E-state index contributed by atoms with van der Waals surface area (Å²) in [7, 11) is 0. The number of amides is 1. The maximum Gasteiger partial charge on any atom is 0.270 e. The van der Waals surface area contributed by atoms with Gasteiger partial charge in [-0.05, 0) is 13.8 Å². The lowest BCUT2D eigenvalue weighted by Crippen LogP contribution is -2.49. The van der Waals surface area contributed by atoms with E-state index >= 15 is 0 Å². The Labute approximate surface area is 178 Å². The summed E-state index contributed by atoms with van der Waals surface area (Å²) < 4.78 is 11.3. The summed E-state index contributed by atoms with van der Waals surface area (Å²) in [6.07, 6.45) is 3.06. The van der Waals surface area contributed by atoms with E-state index in [2.05, 4.69) is 26.2 Å². The first-order valence-corrected chi connectivity index (χ1v) is 10.5. The second-order valence-corrected chi connectivity index (χ2v) is 7.94. The van der Waals surface area contributed by atoms with Gasteiger partial charge in [0.25, 0.3) is 5.56 Å². The Morgan fingerprint density at radius 2 is 2.13 bits per heavy atom. The van der Waals surface area contributed by atoms with E-state index in [1.165, 1.54) is 17.5 Å². The molecule has 1 aliphatic rings. The summed E-state index contributed by atoms with van der Waals surface area (Å²) in [5.41, 5.74) is 0.180. The summed E-state index contributed by atoms with van der Waals surface area (Å²) in [6, 6.07) is 2.09. The fourth-order valence-electron chi connectivity index (χ4n) is 2.99. The molecule has 1 saturated heterocycles. The molecule has 3 rings (SSSR count). The Bertz CT molecular complexity index is 960. The number of rotatable bonds is 8. The second-order valence-electron chi connectivity index (χ2n) is 6.93. The van der Waals surface area contributed by atoms with Gasteiger partial charge in [0.2, 0.25) is 5.91 Å².